The van der Waals surface area contributed by atoms with Gasteiger partial charge in [0, 0.05) is 18.0 Å². The summed E-state index contributed by atoms with van der Waals surface area (Å²) in [6.45, 7) is 3.79. The van der Waals surface area contributed by atoms with Crippen LogP contribution in [-0.4, -0.2) is 37.1 Å². The van der Waals surface area contributed by atoms with Crippen molar-refractivity contribution >= 4 is 12.0 Å². The Labute approximate surface area is 126 Å². The predicted molar refractivity (Wildman–Crippen MR) is 84.0 cm³/mol. The molecule has 2 fully saturated rings. The van der Waals surface area contributed by atoms with Crippen LogP contribution in [0.2, 0.25) is 0 Å². The second kappa shape index (κ2) is 5.64. The highest BCUT2D eigenvalue weighted by Crippen LogP contribution is 2.46. The molecule has 4 atom stereocenters. The molecule has 0 aliphatic carbocycles. The molecule has 0 saturated carbocycles. The van der Waals surface area contributed by atoms with E-state index in [1.54, 1.807) is 0 Å². The van der Waals surface area contributed by atoms with Gasteiger partial charge in [-0.3, -0.25) is 9.69 Å². The zero-order valence-corrected chi connectivity index (χ0v) is 12.8. The summed E-state index contributed by atoms with van der Waals surface area (Å²) in [5.41, 5.74) is 2.37. The number of fused-ring (bicyclic) bond motifs is 2. The van der Waals surface area contributed by atoms with Crippen LogP contribution in [0.5, 0.6) is 0 Å². The predicted octanol–water partition coefficient (Wildman–Crippen LogP) is 3.07. The van der Waals surface area contributed by atoms with Crippen LogP contribution in [0.25, 0.3) is 6.08 Å². The average Bonchev–Trinajstić information content (AvgIpc) is 2.76. The van der Waals surface area contributed by atoms with Gasteiger partial charge in [-0.15, -0.1) is 0 Å². The molecular weight excluding hydrogens is 262 g/mol. The number of ether oxygens (including phenoxy) is 1. The summed E-state index contributed by atoms with van der Waals surface area (Å²) in [5, 5.41) is 0. The molecule has 0 radical (unpaired) electrons. The monoisotopic (exact) mass is 285 g/mol. The molecule has 1 aromatic carbocycles. The summed E-state index contributed by atoms with van der Waals surface area (Å²) < 4.78 is 5.10. The number of carbonyl (C=O) groups excluding carboxylic acids is 1. The van der Waals surface area contributed by atoms with Gasteiger partial charge in [-0.05, 0) is 37.4 Å². The smallest absolute Gasteiger partial charge is 0.310 e. The number of nitrogens with zero attached hydrogens (tertiary/aromatic N) is 1. The van der Waals surface area contributed by atoms with Crippen molar-refractivity contribution in [1.29, 1.82) is 0 Å². The van der Waals surface area contributed by atoms with Crippen molar-refractivity contribution in [2.24, 2.45) is 5.92 Å². The fraction of sp³-hybridized carbons (Fsp3) is 0.500. The van der Waals surface area contributed by atoms with Gasteiger partial charge in [0.2, 0.25) is 0 Å². The summed E-state index contributed by atoms with van der Waals surface area (Å²) in [4.78, 5) is 14.7. The number of hydrogen-bond donors (Lipinski definition) is 0. The molecule has 3 rings (SSSR count). The van der Waals surface area contributed by atoms with Gasteiger partial charge >= 0.3 is 5.97 Å². The van der Waals surface area contributed by atoms with E-state index in [-0.39, 0.29) is 17.8 Å². The Bertz CT molecular complexity index is 537. The summed E-state index contributed by atoms with van der Waals surface area (Å²) in [6, 6.07) is 9.36. The normalized spacial score (nSPS) is 31.9. The molecule has 2 aliphatic heterocycles. The van der Waals surface area contributed by atoms with Crippen LogP contribution < -0.4 is 0 Å². The summed E-state index contributed by atoms with van der Waals surface area (Å²) in [7, 11) is 3.65. The Kier molecular flexibility index (Phi) is 3.85. The number of rotatable bonds is 3. The van der Waals surface area contributed by atoms with E-state index in [9.17, 15) is 4.79 Å². The maximum absolute atomic E-state index is 12.3. The minimum atomic E-state index is -0.0648. The molecular formula is C18H23NO2. The van der Waals surface area contributed by atoms with Gasteiger partial charge < -0.3 is 4.74 Å². The highest BCUT2D eigenvalue weighted by Gasteiger charge is 2.49. The fourth-order valence-corrected chi connectivity index (χ4v) is 4.15. The molecule has 21 heavy (non-hydrogen) atoms. The molecule has 2 heterocycles. The van der Waals surface area contributed by atoms with Crippen molar-refractivity contribution in [1.82, 2.24) is 4.90 Å². The van der Waals surface area contributed by atoms with Crippen LogP contribution in [-0.2, 0) is 9.53 Å². The number of hydrogen-bond acceptors (Lipinski definition) is 3. The quantitative estimate of drug-likeness (QED) is 0.799. The Morgan fingerprint density at radius 3 is 2.67 bits per heavy atom. The van der Waals surface area contributed by atoms with E-state index >= 15 is 0 Å². The molecule has 0 amide bonds. The molecule has 1 aromatic rings. The molecule has 0 aromatic heterocycles. The number of esters is 1. The Morgan fingerprint density at radius 1 is 1.33 bits per heavy atom. The molecule has 112 valence electrons. The maximum Gasteiger partial charge on any atom is 0.310 e. The molecule has 0 unspecified atom stereocenters. The van der Waals surface area contributed by atoms with E-state index in [0.29, 0.717) is 12.1 Å². The lowest BCUT2D eigenvalue weighted by Gasteiger charge is -2.41. The molecule has 2 saturated heterocycles. The SMILES string of the molecule is C=Cc1ccc([C@H]2C[C@@H]3CC[C@H]([C@H]2C(=O)OC)N3C)cc1. The highest BCUT2D eigenvalue weighted by molar-refractivity contribution is 5.75. The Balaban J connectivity index is 1.94. The zero-order chi connectivity index (χ0) is 15.0. The average molecular weight is 285 g/mol. The minimum absolute atomic E-state index is 0.0478. The third-order valence-corrected chi connectivity index (χ3v) is 5.34. The molecule has 0 N–H and O–H groups in total. The molecule has 0 spiro atoms. The summed E-state index contributed by atoms with van der Waals surface area (Å²) in [5.74, 6) is 0.156. The minimum Gasteiger partial charge on any atom is -0.469 e. The van der Waals surface area contributed by atoms with Crippen molar-refractivity contribution in [2.45, 2.75) is 37.3 Å². The van der Waals surface area contributed by atoms with E-state index in [2.05, 4.69) is 42.8 Å². The first-order valence-electron chi connectivity index (χ1n) is 7.68. The van der Waals surface area contributed by atoms with Gasteiger partial charge in [-0.25, -0.2) is 0 Å². The standard InChI is InChI=1S/C18H23NO2/c1-4-12-5-7-13(8-6-12)15-11-14-9-10-16(19(14)2)17(15)18(20)21-3/h4-8,14-17H,1,9-11H2,2-3H3/t14-,15+,16+,17-/m0/s1. The lowest BCUT2D eigenvalue weighted by Crippen LogP contribution is -2.49. The lowest BCUT2D eigenvalue weighted by atomic mass is 9.76. The highest BCUT2D eigenvalue weighted by atomic mass is 16.5. The largest absolute Gasteiger partial charge is 0.469 e. The number of piperidine rings is 1. The number of benzene rings is 1. The van der Waals surface area contributed by atoms with Crippen molar-refractivity contribution < 1.29 is 9.53 Å². The summed E-state index contributed by atoms with van der Waals surface area (Å²) in [6.07, 6.45) is 5.18. The maximum atomic E-state index is 12.3. The van der Waals surface area contributed by atoms with E-state index in [1.807, 2.05) is 6.08 Å². The van der Waals surface area contributed by atoms with Gasteiger partial charge in [0.25, 0.3) is 0 Å². The third kappa shape index (κ3) is 2.40. The van der Waals surface area contributed by atoms with Gasteiger partial charge in [0.1, 0.15) is 0 Å². The van der Waals surface area contributed by atoms with Crippen LogP contribution in [0.1, 0.15) is 36.3 Å². The lowest BCUT2D eigenvalue weighted by molar-refractivity contribution is -0.150. The van der Waals surface area contributed by atoms with Crippen LogP contribution >= 0.6 is 0 Å². The Hall–Kier alpha value is -1.61. The van der Waals surface area contributed by atoms with Gasteiger partial charge in [-0.2, -0.15) is 0 Å². The van der Waals surface area contributed by atoms with Crippen LogP contribution in [0.4, 0.5) is 0 Å². The second-order valence-electron chi connectivity index (χ2n) is 6.23. The number of carbonyl (C=O) groups is 1. The molecule has 3 nitrogen and oxygen atoms in total. The van der Waals surface area contributed by atoms with E-state index in [0.717, 1.165) is 18.4 Å². The van der Waals surface area contributed by atoms with Crippen molar-refractivity contribution in [3.8, 4) is 0 Å². The van der Waals surface area contributed by atoms with Gasteiger partial charge in [0.15, 0.2) is 0 Å². The zero-order valence-electron chi connectivity index (χ0n) is 12.8. The first-order chi connectivity index (χ1) is 10.2. The van der Waals surface area contributed by atoms with Gasteiger partial charge in [0.05, 0.1) is 13.0 Å². The van der Waals surface area contributed by atoms with E-state index < -0.39 is 0 Å². The first kappa shape index (κ1) is 14.3. The van der Waals surface area contributed by atoms with Crippen LogP contribution in [0.15, 0.2) is 30.8 Å². The van der Waals surface area contributed by atoms with Crippen molar-refractivity contribution in [3.05, 3.63) is 42.0 Å². The fourth-order valence-electron chi connectivity index (χ4n) is 4.15. The summed E-state index contributed by atoms with van der Waals surface area (Å²) >= 11 is 0. The molecule has 2 aliphatic rings. The third-order valence-electron chi connectivity index (χ3n) is 5.34. The first-order valence-corrected chi connectivity index (χ1v) is 7.68. The van der Waals surface area contributed by atoms with E-state index in [1.165, 1.54) is 19.1 Å². The van der Waals surface area contributed by atoms with Crippen LogP contribution in [0, 0.1) is 5.92 Å². The molecule has 2 bridgehead atoms. The topological polar surface area (TPSA) is 29.5 Å². The second-order valence-corrected chi connectivity index (χ2v) is 6.23. The van der Waals surface area contributed by atoms with Gasteiger partial charge in [-0.1, -0.05) is 36.9 Å². The number of methoxy groups -OCH3 is 1. The van der Waals surface area contributed by atoms with E-state index in [4.69, 9.17) is 4.74 Å². The van der Waals surface area contributed by atoms with Crippen molar-refractivity contribution in [2.75, 3.05) is 14.2 Å². The van der Waals surface area contributed by atoms with Crippen LogP contribution in [0.3, 0.4) is 0 Å². The van der Waals surface area contributed by atoms with Crippen molar-refractivity contribution in [3.63, 3.8) is 0 Å². The Morgan fingerprint density at radius 2 is 2.05 bits per heavy atom. The molecule has 3 heteroatoms.